The molecule has 2 aromatic carbocycles. The Balaban J connectivity index is 1.70. The first-order chi connectivity index (χ1) is 12.3. The minimum Gasteiger partial charge on any atom is -0.493 e. The molecule has 3 aromatic rings. The molecule has 0 aliphatic carbocycles. The third-order valence-electron chi connectivity index (χ3n) is 4.19. The SMILES string of the molecule is CCn1cc(/C=N\NCc2ccc(OC)c(OC)c2)c2ccccc21. The Hall–Kier alpha value is -2.95. The van der Waals surface area contributed by atoms with E-state index < -0.39 is 0 Å². The molecule has 0 aliphatic rings. The second-order valence-corrected chi connectivity index (χ2v) is 5.67. The summed E-state index contributed by atoms with van der Waals surface area (Å²) in [5, 5.41) is 5.58. The van der Waals surface area contributed by atoms with Crippen molar-refractivity contribution in [1.82, 2.24) is 9.99 Å². The normalized spacial score (nSPS) is 11.2. The molecule has 0 saturated carbocycles. The zero-order valence-electron chi connectivity index (χ0n) is 14.8. The van der Waals surface area contributed by atoms with Crippen LogP contribution in [0.3, 0.4) is 0 Å². The van der Waals surface area contributed by atoms with Crippen molar-refractivity contribution in [2.45, 2.75) is 20.0 Å². The number of benzene rings is 2. The maximum absolute atomic E-state index is 5.32. The summed E-state index contributed by atoms with van der Waals surface area (Å²) in [6, 6.07) is 14.2. The number of para-hydroxylation sites is 1. The van der Waals surface area contributed by atoms with Crippen molar-refractivity contribution in [2.75, 3.05) is 14.2 Å². The number of nitrogens with one attached hydrogen (secondary N) is 1. The van der Waals surface area contributed by atoms with Gasteiger partial charge in [-0.05, 0) is 30.7 Å². The van der Waals surface area contributed by atoms with Crippen LogP contribution < -0.4 is 14.9 Å². The summed E-state index contributed by atoms with van der Waals surface area (Å²) in [6.45, 7) is 3.69. The summed E-state index contributed by atoms with van der Waals surface area (Å²) in [6.07, 6.45) is 4.00. The molecule has 0 spiro atoms. The van der Waals surface area contributed by atoms with E-state index in [1.807, 2.05) is 24.4 Å². The van der Waals surface area contributed by atoms with Crippen LogP contribution in [0, 0.1) is 0 Å². The second-order valence-electron chi connectivity index (χ2n) is 5.67. The van der Waals surface area contributed by atoms with E-state index in [0.717, 1.165) is 29.2 Å². The molecule has 0 unspecified atom stereocenters. The summed E-state index contributed by atoms with van der Waals surface area (Å²) >= 11 is 0. The van der Waals surface area contributed by atoms with Crippen LogP contribution in [-0.2, 0) is 13.1 Å². The van der Waals surface area contributed by atoms with Gasteiger partial charge < -0.3 is 19.5 Å². The zero-order valence-corrected chi connectivity index (χ0v) is 14.8. The van der Waals surface area contributed by atoms with Gasteiger partial charge in [0.15, 0.2) is 11.5 Å². The van der Waals surface area contributed by atoms with Gasteiger partial charge in [-0.3, -0.25) is 0 Å². The van der Waals surface area contributed by atoms with Gasteiger partial charge in [-0.15, -0.1) is 0 Å². The first-order valence-electron chi connectivity index (χ1n) is 8.31. The fourth-order valence-corrected chi connectivity index (χ4v) is 2.88. The molecular weight excluding hydrogens is 314 g/mol. The molecule has 0 radical (unpaired) electrons. The van der Waals surface area contributed by atoms with Crippen molar-refractivity contribution in [2.24, 2.45) is 5.10 Å². The average Bonchev–Trinajstić information content (AvgIpc) is 3.03. The third-order valence-corrected chi connectivity index (χ3v) is 4.19. The fraction of sp³-hybridized carbons (Fsp3) is 0.250. The van der Waals surface area contributed by atoms with E-state index in [2.05, 4.69) is 52.5 Å². The number of hydrazone groups is 1. The van der Waals surface area contributed by atoms with Gasteiger partial charge in [0.2, 0.25) is 0 Å². The highest BCUT2D eigenvalue weighted by Crippen LogP contribution is 2.27. The lowest BCUT2D eigenvalue weighted by atomic mass is 10.2. The Morgan fingerprint density at radius 1 is 1.08 bits per heavy atom. The molecule has 0 bridgehead atoms. The smallest absolute Gasteiger partial charge is 0.161 e. The predicted molar refractivity (Wildman–Crippen MR) is 102 cm³/mol. The number of hydrogen-bond donors (Lipinski definition) is 1. The van der Waals surface area contributed by atoms with E-state index in [0.29, 0.717) is 6.54 Å². The molecular formula is C20H23N3O2. The monoisotopic (exact) mass is 337 g/mol. The summed E-state index contributed by atoms with van der Waals surface area (Å²) < 4.78 is 12.8. The predicted octanol–water partition coefficient (Wildman–Crippen LogP) is 3.80. The summed E-state index contributed by atoms with van der Waals surface area (Å²) in [5.74, 6) is 1.44. The molecule has 5 nitrogen and oxygen atoms in total. The van der Waals surface area contributed by atoms with E-state index in [-0.39, 0.29) is 0 Å². The number of nitrogens with zero attached hydrogens (tertiary/aromatic N) is 2. The molecule has 0 atom stereocenters. The number of aromatic nitrogens is 1. The summed E-state index contributed by atoms with van der Waals surface area (Å²) in [5.41, 5.74) is 6.51. The molecule has 0 saturated heterocycles. The Morgan fingerprint density at radius 3 is 2.64 bits per heavy atom. The van der Waals surface area contributed by atoms with Gasteiger partial charge in [0, 0.05) is 29.2 Å². The van der Waals surface area contributed by atoms with Crippen molar-refractivity contribution >= 4 is 17.1 Å². The largest absolute Gasteiger partial charge is 0.493 e. The molecule has 1 N–H and O–H groups in total. The number of rotatable bonds is 7. The van der Waals surface area contributed by atoms with E-state index in [4.69, 9.17) is 9.47 Å². The van der Waals surface area contributed by atoms with Crippen molar-refractivity contribution < 1.29 is 9.47 Å². The zero-order chi connectivity index (χ0) is 17.6. The second kappa shape index (κ2) is 7.75. The van der Waals surface area contributed by atoms with E-state index in [9.17, 15) is 0 Å². The molecule has 1 heterocycles. The van der Waals surface area contributed by atoms with E-state index in [1.165, 1.54) is 10.9 Å². The Bertz CT molecular complexity index is 884. The number of ether oxygens (including phenoxy) is 2. The van der Waals surface area contributed by atoms with Crippen LogP contribution in [0.4, 0.5) is 0 Å². The van der Waals surface area contributed by atoms with Crippen LogP contribution in [0.15, 0.2) is 53.8 Å². The lowest BCUT2D eigenvalue weighted by molar-refractivity contribution is 0.354. The standard InChI is InChI=1S/C20H23N3O2/c1-4-23-14-16(17-7-5-6-8-18(17)23)13-22-21-12-15-9-10-19(24-2)20(11-15)25-3/h5-11,13-14,21H,4,12H2,1-3H3/b22-13-. The van der Waals surface area contributed by atoms with Crippen LogP contribution in [0.1, 0.15) is 18.1 Å². The minimum atomic E-state index is 0.614. The Morgan fingerprint density at radius 2 is 1.88 bits per heavy atom. The van der Waals surface area contributed by atoms with Gasteiger partial charge in [0.1, 0.15) is 0 Å². The first kappa shape index (κ1) is 16.9. The molecule has 1 aromatic heterocycles. The first-order valence-corrected chi connectivity index (χ1v) is 8.31. The number of aryl methyl sites for hydroxylation is 1. The summed E-state index contributed by atoms with van der Waals surface area (Å²) in [7, 11) is 3.27. The van der Waals surface area contributed by atoms with Crippen molar-refractivity contribution in [1.29, 1.82) is 0 Å². The topological polar surface area (TPSA) is 47.8 Å². The van der Waals surface area contributed by atoms with Crippen LogP contribution in [-0.4, -0.2) is 25.0 Å². The highest BCUT2D eigenvalue weighted by atomic mass is 16.5. The fourth-order valence-electron chi connectivity index (χ4n) is 2.88. The van der Waals surface area contributed by atoms with Crippen LogP contribution in [0.5, 0.6) is 11.5 Å². The van der Waals surface area contributed by atoms with Crippen LogP contribution >= 0.6 is 0 Å². The van der Waals surface area contributed by atoms with E-state index >= 15 is 0 Å². The number of hydrogen-bond acceptors (Lipinski definition) is 4. The van der Waals surface area contributed by atoms with Crippen molar-refractivity contribution in [3.63, 3.8) is 0 Å². The van der Waals surface area contributed by atoms with Gasteiger partial charge in [-0.25, -0.2) is 0 Å². The highest BCUT2D eigenvalue weighted by Gasteiger charge is 2.05. The third kappa shape index (κ3) is 3.60. The number of fused-ring (bicyclic) bond motifs is 1. The van der Waals surface area contributed by atoms with Crippen LogP contribution in [0.2, 0.25) is 0 Å². The van der Waals surface area contributed by atoms with Gasteiger partial charge in [-0.1, -0.05) is 24.3 Å². The maximum Gasteiger partial charge on any atom is 0.161 e. The Labute approximate surface area is 147 Å². The molecule has 0 fully saturated rings. The minimum absolute atomic E-state index is 0.614. The molecule has 130 valence electrons. The molecule has 3 rings (SSSR count). The molecule has 5 heteroatoms. The van der Waals surface area contributed by atoms with Gasteiger partial charge in [0.05, 0.1) is 27.0 Å². The number of methoxy groups -OCH3 is 2. The molecule has 25 heavy (non-hydrogen) atoms. The molecule has 0 aliphatic heterocycles. The molecule has 0 amide bonds. The maximum atomic E-state index is 5.32. The quantitative estimate of drug-likeness (QED) is 0.527. The van der Waals surface area contributed by atoms with Gasteiger partial charge >= 0.3 is 0 Å². The average molecular weight is 337 g/mol. The Kier molecular flexibility index (Phi) is 5.23. The van der Waals surface area contributed by atoms with Gasteiger partial charge in [-0.2, -0.15) is 5.10 Å². The van der Waals surface area contributed by atoms with E-state index in [1.54, 1.807) is 14.2 Å². The van der Waals surface area contributed by atoms with Gasteiger partial charge in [0.25, 0.3) is 0 Å². The summed E-state index contributed by atoms with van der Waals surface area (Å²) in [4.78, 5) is 0. The van der Waals surface area contributed by atoms with Crippen molar-refractivity contribution in [3.8, 4) is 11.5 Å². The van der Waals surface area contributed by atoms with Crippen molar-refractivity contribution in [3.05, 3.63) is 59.8 Å². The lowest BCUT2D eigenvalue weighted by Crippen LogP contribution is -2.06. The lowest BCUT2D eigenvalue weighted by Gasteiger charge is -2.09. The van der Waals surface area contributed by atoms with Crippen LogP contribution in [0.25, 0.3) is 10.9 Å². The highest BCUT2D eigenvalue weighted by molar-refractivity contribution is 5.99.